The average Bonchev–Trinajstić information content (AvgIpc) is 2.78. The highest BCUT2D eigenvalue weighted by Gasteiger charge is 2.22. The molecule has 0 aliphatic carbocycles. The van der Waals surface area contributed by atoms with Crippen molar-refractivity contribution in [2.75, 3.05) is 5.32 Å². The van der Waals surface area contributed by atoms with E-state index in [2.05, 4.69) is 22.8 Å². The van der Waals surface area contributed by atoms with Gasteiger partial charge in [0.2, 0.25) is 0 Å². The molecule has 4 rings (SSSR count). The van der Waals surface area contributed by atoms with E-state index in [0.717, 1.165) is 28.9 Å². The van der Waals surface area contributed by atoms with Crippen LogP contribution in [0.15, 0.2) is 82.6 Å². The van der Waals surface area contributed by atoms with Crippen LogP contribution in [0.2, 0.25) is 0 Å². The van der Waals surface area contributed by atoms with E-state index in [4.69, 9.17) is 0 Å². The molecule has 1 heterocycles. The Balaban J connectivity index is 1.41. The Morgan fingerprint density at radius 1 is 1.06 bits per heavy atom. The first-order valence-corrected chi connectivity index (χ1v) is 11.6. The van der Waals surface area contributed by atoms with Gasteiger partial charge in [0, 0.05) is 16.5 Å². The summed E-state index contributed by atoms with van der Waals surface area (Å²) in [6.07, 6.45) is 3.67. The van der Waals surface area contributed by atoms with Crippen molar-refractivity contribution in [2.24, 2.45) is 0 Å². The molecule has 0 spiro atoms. The number of benzene rings is 3. The van der Waals surface area contributed by atoms with E-state index in [9.17, 15) is 9.59 Å². The van der Waals surface area contributed by atoms with Crippen molar-refractivity contribution in [2.45, 2.75) is 37.6 Å². The number of thioether (sulfide) groups is 1. The number of fused-ring (bicyclic) bond motifs is 1. The molecule has 0 unspecified atom stereocenters. The minimum absolute atomic E-state index is 0.0477. The topological polar surface area (TPSA) is 58.2 Å². The number of rotatable bonds is 6. The van der Waals surface area contributed by atoms with Crippen molar-refractivity contribution < 1.29 is 9.59 Å². The third kappa shape index (κ3) is 5.48. The first-order valence-electron chi connectivity index (χ1n) is 10.7. The Kier molecular flexibility index (Phi) is 6.76. The zero-order valence-corrected chi connectivity index (χ0v) is 19.0. The molecule has 1 atom stereocenters. The van der Waals surface area contributed by atoms with E-state index < -0.39 is 0 Å². The first kappa shape index (κ1) is 21.9. The molecule has 0 saturated heterocycles. The predicted molar refractivity (Wildman–Crippen MR) is 132 cm³/mol. The van der Waals surface area contributed by atoms with Crippen molar-refractivity contribution in [1.82, 2.24) is 5.32 Å². The minimum atomic E-state index is -0.155. The largest absolute Gasteiger partial charge is 0.350 e. The third-order valence-corrected chi connectivity index (χ3v) is 6.46. The van der Waals surface area contributed by atoms with Gasteiger partial charge >= 0.3 is 0 Å². The van der Waals surface area contributed by atoms with Crippen LogP contribution in [-0.4, -0.2) is 17.9 Å². The predicted octanol–water partition coefficient (Wildman–Crippen LogP) is 5.83. The molecule has 2 N–H and O–H groups in total. The van der Waals surface area contributed by atoms with Gasteiger partial charge in [-0.15, -0.1) is 0 Å². The smallest absolute Gasteiger partial charge is 0.262 e. The quantitative estimate of drug-likeness (QED) is 0.472. The van der Waals surface area contributed by atoms with Crippen LogP contribution in [0.3, 0.4) is 0 Å². The van der Waals surface area contributed by atoms with E-state index in [1.165, 1.54) is 17.3 Å². The van der Waals surface area contributed by atoms with Crippen molar-refractivity contribution >= 4 is 35.3 Å². The van der Waals surface area contributed by atoms with Crippen LogP contribution in [0.4, 0.5) is 5.69 Å². The van der Waals surface area contributed by atoms with Crippen molar-refractivity contribution in [1.29, 1.82) is 0 Å². The van der Waals surface area contributed by atoms with Gasteiger partial charge in [-0.25, -0.2) is 0 Å². The molecule has 0 bridgehead atoms. The molecule has 32 heavy (non-hydrogen) atoms. The molecule has 1 aliphatic heterocycles. The molecule has 0 fully saturated rings. The fourth-order valence-electron chi connectivity index (χ4n) is 3.62. The van der Waals surface area contributed by atoms with E-state index in [-0.39, 0.29) is 17.9 Å². The number of carbonyl (C=O) groups excluding carboxylic acids is 2. The SMILES string of the molecule is Cc1cccc(/C=C2/Sc3ccc(C(=O)N[C@@H](C)CCc4ccccc4)cc3NC2=O)c1. The highest BCUT2D eigenvalue weighted by molar-refractivity contribution is 8.04. The molecule has 3 aromatic rings. The highest BCUT2D eigenvalue weighted by Crippen LogP contribution is 2.39. The highest BCUT2D eigenvalue weighted by atomic mass is 32.2. The Morgan fingerprint density at radius 2 is 1.88 bits per heavy atom. The molecular formula is C27H26N2O2S. The number of anilines is 1. The summed E-state index contributed by atoms with van der Waals surface area (Å²) in [5.74, 6) is -0.286. The lowest BCUT2D eigenvalue weighted by molar-refractivity contribution is -0.112. The molecule has 4 nitrogen and oxygen atoms in total. The summed E-state index contributed by atoms with van der Waals surface area (Å²) in [5, 5.41) is 5.99. The zero-order valence-electron chi connectivity index (χ0n) is 18.2. The summed E-state index contributed by atoms with van der Waals surface area (Å²) in [6.45, 7) is 4.04. The zero-order chi connectivity index (χ0) is 22.5. The fraction of sp³-hybridized carbons (Fsp3) is 0.185. The van der Waals surface area contributed by atoms with Crippen molar-refractivity contribution in [3.05, 3.63) is 100.0 Å². The van der Waals surface area contributed by atoms with E-state index in [0.29, 0.717) is 16.2 Å². The number of nitrogens with one attached hydrogen (secondary N) is 2. The van der Waals surface area contributed by atoms with E-state index in [1.54, 1.807) is 6.07 Å². The maximum Gasteiger partial charge on any atom is 0.262 e. The fourth-order valence-corrected chi connectivity index (χ4v) is 4.55. The van der Waals surface area contributed by atoms with E-state index in [1.807, 2.05) is 74.5 Å². The molecule has 162 valence electrons. The standard InChI is InChI=1S/C27H26N2O2S/c1-18-7-6-10-21(15-18)16-25-27(31)29-23-17-22(13-14-24(23)32-25)26(30)28-19(2)11-12-20-8-4-3-5-9-20/h3-10,13-17,19H,11-12H2,1-2H3,(H,28,30)(H,29,31)/b25-16+/t19-/m0/s1. The van der Waals surface area contributed by atoms with Crippen LogP contribution in [0.5, 0.6) is 0 Å². The maximum atomic E-state index is 12.7. The van der Waals surface area contributed by atoms with Crippen molar-refractivity contribution in [3.63, 3.8) is 0 Å². The molecular weight excluding hydrogens is 416 g/mol. The van der Waals surface area contributed by atoms with Gasteiger partial charge in [0.15, 0.2) is 0 Å². The average molecular weight is 443 g/mol. The van der Waals surface area contributed by atoms with Crippen molar-refractivity contribution in [3.8, 4) is 0 Å². The normalized spacial score (nSPS) is 15.1. The Labute approximate surface area is 193 Å². The van der Waals surface area contributed by atoms with Gasteiger partial charge in [0.1, 0.15) is 0 Å². The minimum Gasteiger partial charge on any atom is -0.350 e. The lowest BCUT2D eigenvalue weighted by Gasteiger charge is -2.20. The summed E-state index contributed by atoms with van der Waals surface area (Å²) >= 11 is 1.42. The van der Waals surface area contributed by atoms with Crippen LogP contribution >= 0.6 is 11.8 Å². The monoisotopic (exact) mass is 442 g/mol. The molecule has 1 aliphatic rings. The molecule has 0 radical (unpaired) electrons. The number of aryl methyl sites for hydroxylation is 2. The van der Waals surface area contributed by atoms with Crippen LogP contribution in [0.25, 0.3) is 6.08 Å². The molecule has 0 saturated carbocycles. The van der Waals surface area contributed by atoms with Crippen LogP contribution in [-0.2, 0) is 11.2 Å². The second-order valence-electron chi connectivity index (χ2n) is 8.09. The van der Waals surface area contributed by atoms with Gasteiger partial charge in [-0.1, -0.05) is 71.9 Å². The van der Waals surface area contributed by atoms with Crippen LogP contribution in [0, 0.1) is 6.92 Å². The Bertz CT molecular complexity index is 1170. The van der Waals surface area contributed by atoms with E-state index >= 15 is 0 Å². The molecule has 2 amide bonds. The van der Waals surface area contributed by atoms with Gasteiger partial charge in [-0.05, 0) is 62.1 Å². The van der Waals surface area contributed by atoms with Gasteiger partial charge in [0.25, 0.3) is 11.8 Å². The van der Waals surface area contributed by atoms with Crippen LogP contribution < -0.4 is 10.6 Å². The van der Waals surface area contributed by atoms with Gasteiger partial charge in [0.05, 0.1) is 10.6 Å². The number of hydrogen-bond acceptors (Lipinski definition) is 3. The summed E-state index contributed by atoms with van der Waals surface area (Å²) in [6, 6.07) is 23.8. The second kappa shape index (κ2) is 9.88. The maximum absolute atomic E-state index is 12.7. The Hall–Kier alpha value is -3.31. The summed E-state index contributed by atoms with van der Waals surface area (Å²) in [5.41, 5.74) is 4.62. The van der Waals surface area contributed by atoms with Gasteiger partial charge in [-0.2, -0.15) is 0 Å². The lowest BCUT2D eigenvalue weighted by Crippen LogP contribution is -2.33. The molecule has 3 aromatic carbocycles. The Morgan fingerprint density at radius 3 is 2.66 bits per heavy atom. The van der Waals surface area contributed by atoms with Gasteiger partial charge < -0.3 is 10.6 Å². The van der Waals surface area contributed by atoms with Gasteiger partial charge in [-0.3, -0.25) is 9.59 Å². The third-order valence-electron chi connectivity index (χ3n) is 5.36. The summed E-state index contributed by atoms with van der Waals surface area (Å²) < 4.78 is 0. The number of amides is 2. The summed E-state index contributed by atoms with van der Waals surface area (Å²) in [4.78, 5) is 26.9. The summed E-state index contributed by atoms with van der Waals surface area (Å²) in [7, 11) is 0. The number of hydrogen-bond donors (Lipinski definition) is 2. The lowest BCUT2D eigenvalue weighted by atomic mass is 10.1. The number of carbonyl (C=O) groups is 2. The van der Waals surface area contributed by atoms with Crippen LogP contribution in [0.1, 0.15) is 40.4 Å². The first-order chi connectivity index (χ1) is 15.5. The second-order valence-corrected chi connectivity index (χ2v) is 9.17. The molecule has 0 aromatic heterocycles. The molecule has 5 heteroatoms.